The van der Waals surface area contributed by atoms with E-state index in [1.807, 2.05) is 0 Å². The van der Waals surface area contributed by atoms with Crippen molar-refractivity contribution < 1.29 is 30.0 Å². The zero-order valence-corrected chi connectivity index (χ0v) is 18.5. The predicted molar refractivity (Wildman–Crippen MR) is 127 cm³/mol. The van der Waals surface area contributed by atoms with Crippen molar-refractivity contribution in [2.75, 3.05) is 0 Å². The number of hydrogen-bond acceptors (Lipinski definition) is 6. The van der Waals surface area contributed by atoms with Gasteiger partial charge in [-0.2, -0.15) is 0 Å². The number of aryl methyl sites for hydroxylation is 1. The lowest BCUT2D eigenvalue weighted by molar-refractivity contribution is -0.127. The Bertz CT molecular complexity index is 1200. The fraction of sp³-hybridized carbons (Fsp3) is 0.154. The highest BCUT2D eigenvalue weighted by molar-refractivity contribution is 5.95. The van der Waals surface area contributed by atoms with Crippen LogP contribution in [0.15, 0.2) is 66.7 Å². The molecule has 3 aromatic rings. The number of phenolic OH excluding ortho intramolecular Hbond substituents is 4. The monoisotopic (exact) mass is 462 g/mol. The van der Waals surface area contributed by atoms with E-state index in [2.05, 4.69) is 10.6 Å². The molecule has 0 saturated carbocycles. The number of benzene rings is 3. The molecule has 0 heterocycles. The van der Waals surface area contributed by atoms with Crippen molar-refractivity contribution in [1.82, 2.24) is 10.6 Å². The second kappa shape index (κ2) is 10.9. The molecule has 0 aliphatic rings. The van der Waals surface area contributed by atoms with E-state index in [1.165, 1.54) is 42.5 Å². The molecule has 3 aromatic carbocycles. The minimum Gasteiger partial charge on any atom is -0.508 e. The molecule has 1 unspecified atom stereocenters. The van der Waals surface area contributed by atoms with Crippen LogP contribution in [0.4, 0.5) is 0 Å². The van der Waals surface area contributed by atoms with Gasteiger partial charge >= 0.3 is 0 Å². The summed E-state index contributed by atoms with van der Waals surface area (Å²) in [4.78, 5) is 25.4. The number of rotatable bonds is 8. The second-order valence-corrected chi connectivity index (χ2v) is 7.85. The highest BCUT2D eigenvalue weighted by Gasteiger charge is 2.20. The van der Waals surface area contributed by atoms with Gasteiger partial charge in [0.15, 0.2) is 11.5 Å². The quantitative estimate of drug-likeness (QED) is 0.225. The summed E-state index contributed by atoms with van der Waals surface area (Å²) in [6.45, 7) is 1.94. The third-order valence-electron chi connectivity index (χ3n) is 5.18. The average Bonchev–Trinajstić information content (AvgIpc) is 2.81. The molecule has 1 atom stereocenters. The summed E-state index contributed by atoms with van der Waals surface area (Å²) in [5.74, 6) is -1.31. The number of carbonyl (C=O) groups is 2. The summed E-state index contributed by atoms with van der Waals surface area (Å²) < 4.78 is 0. The van der Waals surface area contributed by atoms with Crippen molar-refractivity contribution in [2.24, 2.45) is 0 Å². The first kappa shape index (κ1) is 24.2. The molecule has 2 amide bonds. The molecule has 0 aromatic heterocycles. The van der Waals surface area contributed by atoms with Crippen LogP contribution < -0.4 is 10.6 Å². The van der Waals surface area contributed by atoms with Crippen LogP contribution in [0.5, 0.6) is 23.0 Å². The van der Waals surface area contributed by atoms with Crippen molar-refractivity contribution in [3.63, 3.8) is 0 Å². The van der Waals surface area contributed by atoms with Gasteiger partial charge in [0.25, 0.3) is 0 Å². The van der Waals surface area contributed by atoms with Crippen molar-refractivity contribution in [3.8, 4) is 23.0 Å². The van der Waals surface area contributed by atoms with E-state index in [0.29, 0.717) is 11.1 Å². The van der Waals surface area contributed by atoms with E-state index in [4.69, 9.17) is 0 Å². The lowest BCUT2D eigenvalue weighted by atomic mass is 10.0. The van der Waals surface area contributed by atoms with Crippen LogP contribution in [-0.2, 0) is 22.6 Å². The number of aromatic hydroxyl groups is 4. The molecule has 0 spiro atoms. The Balaban J connectivity index is 1.70. The molecule has 0 radical (unpaired) electrons. The van der Waals surface area contributed by atoms with Crippen LogP contribution in [-0.4, -0.2) is 38.3 Å². The van der Waals surface area contributed by atoms with E-state index in [0.717, 1.165) is 11.1 Å². The molecule has 0 aliphatic heterocycles. The lowest BCUT2D eigenvalue weighted by Gasteiger charge is -2.18. The number of amides is 2. The van der Waals surface area contributed by atoms with E-state index >= 15 is 0 Å². The van der Waals surface area contributed by atoms with Crippen LogP contribution in [0, 0.1) is 6.92 Å². The van der Waals surface area contributed by atoms with Gasteiger partial charge in [0.2, 0.25) is 11.8 Å². The topological polar surface area (TPSA) is 139 Å². The zero-order chi connectivity index (χ0) is 24.7. The molecule has 0 aliphatic carbocycles. The number of phenols is 4. The molecule has 176 valence electrons. The third kappa shape index (κ3) is 6.77. The van der Waals surface area contributed by atoms with Crippen molar-refractivity contribution in [3.05, 3.63) is 89.0 Å². The molecule has 8 nitrogen and oxygen atoms in total. The third-order valence-corrected chi connectivity index (χ3v) is 5.18. The van der Waals surface area contributed by atoms with Crippen molar-refractivity contribution >= 4 is 17.9 Å². The zero-order valence-electron chi connectivity index (χ0n) is 18.5. The van der Waals surface area contributed by atoms with Crippen LogP contribution in [0.25, 0.3) is 6.08 Å². The molecule has 0 fully saturated rings. The van der Waals surface area contributed by atoms with Gasteiger partial charge in [0, 0.05) is 19.0 Å². The van der Waals surface area contributed by atoms with Gasteiger partial charge in [0.1, 0.15) is 17.5 Å². The highest BCUT2D eigenvalue weighted by Crippen LogP contribution is 2.25. The smallest absolute Gasteiger partial charge is 0.244 e. The standard InChI is InChI=1S/C26H26N2O6/c1-16-2-3-19(14-23(16)31)15-27-26(34)21(12-17-4-8-20(29)9-5-17)28-25(33)11-7-18-6-10-22(30)24(32)13-18/h2-11,13-14,21,29-32H,12,15H2,1H3,(H,27,34)(H,28,33)/b11-7+. The number of hydrogen-bond donors (Lipinski definition) is 6. The first-order valence-electron chi connectivity index (χ1n) is 10.6. The Labute approximate surface area is 196 Å². The highest BCUT2D eigenvalue weighted by atomic mass is 16.3. The Morgan fingerprint density at radius 2 is 1.56 bits per heavy atom. The van der Waals surface area contributed by atoms with E-state index in [9.17, 15) is 30.0 Å². The lowest BCUT2D eigenvalue weighted by Crippen LogP contribution is -2.47. The second-order valence-electron chi connectivity index (χ2n) is 7.85. The maximum atomic E-state index is 12.9. The van der Waals surface area contributed by atoms with Crippen LogP contribution in [0.1, 0.15) is 22.3 Å². The van der Waals surface area contributed by atoms with Crippen LogP contribution in [0.3, 0.4) is 0 Å². The SMILES string of the molecule is Cc1ccc(CNC(=O)C(Cc2ccc(O)cc2)NC(=O)/C=C/c2ccc(O)c(O)c2)cc1O. The molecule has 8 heteroatoms. The van der Waals surface area contributed by atoms with E-state index < -0.39 is 17.9 Å². The van der Waals surface area contributed by atoms with Crippen molar-refractivity contribution in [1.29, 1.82) is 0 Å². The van der Waals surface area contributed by atoms with Gasteiger partial charge in [-0.05, 0) is 65.6 Å². The number of carbonyl (C=O) groups excluding carboxylic acids is 2. The Hall–Kier alpha value is -4.46. The number of nitrogens with one attached hydrogen (secondary N) is 2. The Morgan fingerprint density at radius 3 is 2.24 bits per heavy atom. The van der Waals surface area contributed by atoms with Crippen molar-refractivity contribution in [2.45, 2.75) is 25.9 Å². The summed E-state index contributed by atoms with van der Waals surface area (Å²) in [5, 5.41) is 43.8. The maximum Gasteiger partial charge on any atom is 0.244 e. The largest absolute Gasteiger partial charge is 0.508 e. The first-order valence-corrected chi connectivity index (χ1v) is 10.6. The molecule has 0 bridgehead atoms. The normalized spacial score (nSPS) is 11.8. The van der Waals surface area contributed by atoms with Gasteiger partial charge in [-0.1, -0.05) is 30.3 Å². The average molecular weight is 463 g/mol. The summed E-state index contributed by atoms with van der Waals surface area (Å²) in [6, 6.07) is 14.6. The maximum absolute atomic E-state index is 12.9. The predicted octanol–water partition coefficient (Wildman–Crippen LogP) is 2.87. The summed E-state index contributed by atoms with van der Waals surface area (Å²) in [7, 11) is 0. The van der Waals surface area contributed by atoms with Gasteiger partial charge < -0.3 is 31.1 Å². The molecule has 34 heavy (non-hydrogen) atoms. The van der Waals surface area contributed by atoms with Crippen LogP contribution >= 0.6 is 0 Å². The molecule has 3 rings (SSSR count). The molecule has 6 N–H and O–H groups in total. The van der Waals surface area contributed by atoms with E-state index in [1.54, 1.807) is 37.3 Å². The molecular weight excluding hydrogens is 436 g/mol. The molecule has 0 saturated heterocycles. The van der Waals surface area contributed by atoms with Crippen LogP contribution in [0.2, 0.25) is 0 Å². The summed E-state index contributed by atoms with van der Waals surface area (Å²) in [5.41, 5.74) is 2.65. The van der Waals surface area contributed by atoms with Gasteiger partial charge in [-0.15, -0.1) is 0 Å². The Morgan fingerprint density at radius 1 is 0.853 bits per heavy atom. The molecular formula is C26H26N2O6. The first-order chi connectivity index (χ1) is 16.2. The van der Waals surface area contributed by atoms with Gasteiger partial charge in [-0.25, -0.2) is 0 Å². The minimum absolute atomic E-state index is 0.0908. The minimum atomic E-state index is -0.908. The summed E-state index contributed by atoms with van der Waals surface area (Å²) >= 11 is 0. The fourth-order valence-corrected chi connectivity index (χ4v) is 3.19. The van der Waals surface area contributed by atoms with Gasteiger partial charge in [-0.3, -0.25) is 9.59 Å². The fourth-order valence-electron chi connectivity index (χ4n) is 3.19. The van der Waals surface area contributed by atoms with Gasteiger partial charge in [0.05, 0.1) is 0 Å². The Kier molecular flexibility index (Phi) is 7.76. The van der Waals surface area contributed by atoms with E-state index in [-0.39, 0.29) is 36.0 Å². The summed E-state index contributed by atoms with van der Waals surface area (Å²) in [6.07, 6.45) is 2.85.